The number of piperidine rings is 1. The van der Waals surface area contributed by atoms with Crippen molar-refractivity contribution in [2.24, 2.45) is 5.92 Å². The molecule has 22 heteroatoms. The molecule has 0 N–H and O–H groups in total. The van der Waals surface area contributed by atoms with Gasteiger partial charge in [0.25, 0.3) is 0 Å². The van der Waals surface area contributed by atoms with Gasteiger partial charge in [0.1, 0.15) is 65.9 Å². The van der Waals surface area contributed by atoms with Gasteiger partial charge in [0, 0.05) is 101 Å². The summed E-state index contributed by atoms with van der Waals surface area (Å²) in [4.78, 5) is 61.9. The van der Waals surface area contributed by atoms with Crippen molar-refractivity contribution in [2.45, 2.75) is 227 Å². The van der Waals surface area contributed by atoms with Crippen molar-refractivity contribution in [3.05, 3.63) is 115 Å². The maximum absolute atomic E-state index is 12.3. The Morgan fingerprint density at radius 1 is 0.398 bits per heavy atom. The molecule has 1 aliphatic heterocycles. The number of likely N-dealkylation sites (tertiary alicyclic amines) is 1. The van der Waals surface area contributed by atoms with Crippen molar-refractivity contribution < 1.29 is 76.1 Å². The van der Waals surface area contributed by atoms with Gasteiger partial charge in [0.05, 0.1) is 32.0 Å². The summed E-state index contributed by atoms with van der Waals surface area (Å²) >= 11 is 0. The van der Waals surface area contributed by atoms with Gasteiger partial charge in [-0.15, -0.1) is 0 Å². The Labute approximate surface area is 647 Å². The van der Waals surface area contributed by atoms with E-state index in [0.29, 0.717) is 58.2 Å². The quantitative estimate of drug-likeness (QED) is 0.0137. The highest BCUT2D eigenvalue weighted by atomic mass is 16.6. The van der Waals surface area contributed by atoms with Crippen molar-refractivity contribution in [1.82, 2.24) is 4.90 Å². The Balaban J connectivity index is 0.000000676. The number of nitrogens with zero attached hydrogens (tertiary/aromatic N) is 6. The lowest BCUT2D eigenvalue weighted by Crippen LogP contribution is -2.23. The molecule has 0 bridgehead atoms. The van der Waals surface area contributed by atoms with E-state index in [1.807, 2.05) is 76.4 Å². The zero-order chi connectivity index (χ0) is 79.6. The number of ether oxygens (including phenoxy) is 11. The molecule has 0 unspecified atom stereocenters. The van der Waals surface area contributed by atoms with Crippen LogP contribution >= 0.6 is 0 Å². The molecule has 0 aromatic heterocycles. The number of Topliss-reactive ketones (excluding diaryl/α,β-unsaturated/α-hetero) is 1. The molecule has 5 aliphatic rings. The number of allylic oxidation sites excluding steroid dienone is 15. The fourth-order valence-corrected chi connectivity index (χ4v) is 12.1. The number of carbonyl (C=O) groups is 5. The largest absolute Gasteiger partial charge is 0.462 e. The smallest absolute Gasteiger partial charge is 0.349 e. The van der Waals surface area contributed by atoms with Gasteiger partial charge in [-0.05, 0) is 254 Å². The Kier molecular flexibility index (Phi) is 59.8. The number of unbranched alkanes of at least 4 members (excludes halogenated alkanes) is 5. The lowest BCUT2D eigenvalue weighted by Gasteiger charge is -2.24. The van der Waals surface area contributed by atoms with Crippen molar-refractivity contribution in [1.29, 1.82) is 26.3 Å². The molecule has 0 atom stereocenters. The minimum atomic E-state index is -0.601. The van der Waals surface area contributed by atoms with E-state index in [9.17, 15) is 39.8 Å². The van der Waals surface area contributed by atoms with Crippen LogP contribution in [0.1, 0.15) is 227 Å². The van der Waals surface area contributed by atoms with Crippen molar-refractivity contribution in [3.8, 4) is 30.3 Å². The van der Waals surface area contributed by atoms with Gasteiger partial charge in [-0.3, -0.25) is 4.79 Å². The molecule has 108 heavy (non-hydrogen) atoms. The molecule has 598 valence electrons. The predicted octanol–water partition coefficient (Wildman–Crippen LogP) is 16.7. The lowest BCUT2D eigenvalue weighted by atomic mass is 9.88. The summed E-state index contributed by atoms with van der Waals surface area (Å²) in [5, 5.41) is 46.1. The Morgan fingerprint density at radius 3 is 1.09 bits per heavy atom. The third kappa shape index (κ3) is 45.7. The molecular weight excluding hydrogens is 1370 g/mol. The van der Waals surface area contributed by atoms with Crippen LogP contribution in [0.25, 0.3) is 0 Å². The van der Waals surface area contributed by atoms with Crippen LogP contribution in [-0.2, 0) is 76.1 Å². The second kappa shape index (κ2) is 66.0. The van der Waals surface area contributed by atoms with Crippen LogP contribution in [0.5, 0.6) is 0 Å². The first-order valence-electron chi connectivity index (χ1n) is 39.2. The number of hydrogen-bond acceptors (Lipinski definition) is 22. The second-order valence-electron chi connectivity index (χ2n) is 26.9. The van der Waals surface area contributed by atoms with Crippen LogP contribution in [-0.4, -0.2) is 169 Å². The molecule has 0 spiro atoms. The van der Waals surface area contributed by atoms with E-state index >= 15 is 0 Å². The van der Waals surface area contributed by atoms with Crippen LogP contribution in [0.2, 0.25) is 0 Å². The molecule has 0 saturated carbocycles. The zero-order valence-corrected chi connectivity index (χ0v) is 67.2. The molecule has 22 nitrogen and oxygen atoms in total. The number of ketones is 1. The van der Waals surface area contributed by atoms with E-state index in [2.05, 4.69) is 17.0 Å². The van der Waals surface area contributed by atoms with Crippen LogP contribution in [0.4, 0.5) is 0 Å². The summed E-state index contributed by atoms with van der Waals surface area (Å²) in [5.41, 5.74) is 9.58. The van der Waals surface area contributed by atoms with Gasteiger partial charge in [0.15, 0.2) is 5.78 Å². The molecule has 1 heterocycles. The van der Waals surface area contributed by atoms with Gasteiger partial charge in [-0.1, -0.05) is 60.4 Å². The van der Waals surface area contributed by atoms with Crippen LogP contribution in [0, 0.1) is 62.6 Å². The van der Waals surface area contributed by atoms with Gasteiger partial charge >= 0.3 is 23.9 Å². The summed E-state index contributed by atoms with van der Waals surface area (Å²) in [7, 11) is 8.50. The number of methoxy groups -OCH3 is 5. The molecular formula is C86H128N6O16. The third-order valence-electron chi connectivity index (χ3n) is 17.7. The monoisotopic (exact) mass is 1500 g/mol. The molecule has 5 rings (SSSR count). The van der Waals surface area contributed by atoms with Crippen molar-refractivity contribution in [2.75, 3.05) is 135 Å². The highest BCUT2D eigenvalue weighted by Crippen LogP contribution is 2.32. The average molecular weight is 1500 g/mol. The number of nitriles is 5. The average Bonchev–Trinajstić information content (AvgIpc) is 0.882. The summed E-state index contributed by atoms with van der Waals surface area (Å²) in [6.45, 7) is 18.2. The summed E-state index contributed by atoms with van der Waals surface area (Å²) in [6, 6.07) is 10.0. The topological polar surface area (TPSA) is 309 Å². The summed E-state index contributed by atoms with van der Waals surface area (Å²) < 4.78 is 55.5. The maximum atomic E-state index is 12.3. The van der Waals surface area contributed by atoms with Gasteiger partial charge < -0.3 is 57.0 Å². The Morgan fingerprint density at radius 2 is 0.750 bits per heavy atom. The Hall–Kier alpha value is -8.08. The molecule has 0 aromatic rings. The first-order chi connectivity index (χ1) is 52.5. The predicted molar refractivity (Wildman–Crippen MR) is 418 cm³/mol. The molecule has 0 radical (unpaired) electrons. The normalized spacial score (nSPS) is 16.7. The van der Waals surface area contributed by atoms with E-state index in [4.69, 9.17) is 62.6 Å². The van der Waals surface area contributed by atoms with Gasteiger partial charge in [-0.2, -0.15) is 26.3 Å². The van der Waals surface area contributed by atoms with Crippen LogP contribution in [0.3, 0.4) is 0 Å². The fourth-order valence-electron chi connectivity index (χ4n) is 12.1. The first kappa shape index (κ1) is 97.9. The highest BCUT2D eigenvalue weighted by molar-refractivity contribution is 6.00. The van der Waals surface area contributed by atoms with Crippen molar-refractivity contribution >= 4 is 29.7 Å². The van der Waals surface area contributed by atoms with E-state index in [1.165, 1.54) is 47.6 Å². The molecule has 0 amide bonds. The van der Waals surface area contributed by atoms with Gasteiger partial charge in [0.2, 0.25) is 0 Å². The van der Waals surface area contributed by atoms with Crippen LogP contribution < -0.4 is 0 Å². The maximum Gasteiger partial charge on any atom is 0.349 e. The van der Waals surface area contributed by atoms with Crippen LogP contribution in [0.15, 0.2) is 115 Å². The van der Waals surface area contributed by atoms with Crippen molar-refractivity contribution in [3.63, 3.8) is 0 Å². The number of rotatable bonds is 43. The molecule has 1 saturated heterocycles. The van der Waals surface area contributed by atoms with E-state index in [-0.39, 0.29) is 47.2 Å². The van der Waals surface area contributed by atoms with E-state index in [0.717, 1.165) is 229 Å². The fraction of sp³-hybridized carbons (Fsp3) is 0.651. The minimum absolute atomic E-state index is 0.00904. The number of esters is 4. The Bertz CT molecular complexity index is 3130. The molecule has 1 fully saturated rings. The van der Waals surface area contributed by atoms with E-state index < -0.39 is 23.9 Å². The SMILES string of the molecule is CCOC(=O)/C(C#N)=C1\C=C(CCCCOC)CCC1.CCOCCOC(=O)/C(C#N)=C/C=C/N1CCCCC1.CCOCCOC(=O)/C(C#N)=C1\C=C(CCCCOC)CCC1.COCCCCC(=O)/C(C#N)=C1\C=C(CCCCOC)CCC1.COCCCCC1=C/C(=C(/C#N)C(=O)OCC(C)C)CCC1. The highest BCUT2D eigenvalue weighted by Gasteiger charge is 2.23. The summed E-state index contributed by atoms with van der Waals surface area (Å²) in [5.74, 6) is -1.87. The van der Waals surface area contributed by atoms with Gasteiger partial charge in [-0.25, -0.2) is 19.2 Å². The summed E-state index contributed by atoms with van der Waals surface area (Å²) in [6.07, 6.45) is 42.9. The minimum Gasteiger partial charge on any atom is -0.462 e. The zero-order valence-electron chi connectivity index (χ0n) is 67.2. The standard InChI is InChI=1S/C19H29NO3.C18H27NO4.C18H27NO3.C16H23NO3.C15H22N2O3/c1-22-12-5-3-8-16-9-7-10-17(14-16)18(15-20)19(21)11-4-6-13-23-2;1-3-22-11-12-23-18(20)17(14-19)16-9-6-8-15(13-16)7-4-5-10-21-2;1-14(2)13-22-18(20)17(12-19)16-9-6-8-15(11-16)7-4-5-10-21-3;1-3-20-16(18)15(12-17)14-9-6-8-13(11-14)7-4-5-10-19-2;1-2-19-11-12-20-15(18)14(13-16)7-6-10-17-8-4-3-5-9-17/h14H,3-13H2,1-2H3;13H,3-12H2,1-2H3;11,14H,4-10,13H2,1-3H3;11H,3-10H2,1-2H3;6-7,10H,2-5,8-9,11-12H2,1H3/b18-17-;2*17-16-;15-14-;10-6+,14-7+. The first-order valence-corrected chi connectivity index (χ1v) is 39.2. The molecule has 4 aliphatic carbocycles. The molecule has 0 aromatic carbocycles. The van der Waals surface area contributed by atoms with E-state index in [1.54, 1.807) is 48.5 Å². The number of hydrogen-bond donors (Lipinski definition) is 0. The second-order valence-corrected chi connectivity index (χ2v) is 26.9. The third-order valence-corrected chi connectivity index (χ3v) is 17.7. The number of carbonyl (C=O) groups excluding carboxylic acids is 5. The lowest BCUT2D eigenvalue weighted by molar-refractivity contribution is -0.140.